The molecule has 1 heterocycles. The molecule has 0 aromatic heterocycles. The maximum Gasteiger partial charge on any atom is 0.394 e. The van der Waals surface area contributed by atoms with Gasteiger partial charge in [0, 0.05) is 25.3 Å². The first-order valence-electron chi connectivity index (χ1n) is 7.00. The molecule has 0 spiro atoms. The van der Waals surface area contributed by atoms with E-state index in [0.29, 0.717) is 6.54 Å². The molecule has 1 aromatic rings. The lowest BCUT2D eigenvalue weighted by Crippen LogP contribution is -2.30. The Morgan fingerprint density at radius 2 is 1.77 bits per heavy atom. The van der Waals surface area contributed by atoms with Gasteiger partial charge >= 0.3 is 10.4 Å². The Kier molecular flexibility index (Phi) is 7.39. The van der Waals surface area contributed by atoms with Gasteiger partial charge in [0.25, 0.3) is 0 Å². The summed E-state index contributed by atoms with van der Waals surface area (Å²) in [4.78, 5) is 2.36. The molecule has 126 valence electrons. The van der Waals surface area contributed by atoms with Gasteiger partial charge < -0.3 is 21.1 Å². The molecule has 0 amide bonds. The van der Waals surface area contributed by atoms with Gasteiger partial charge in [0.2, 0.25) is 0 Å². The molecule has 0 saturated carbocycles. The maximum atomic E-state index is 8.75. The van der Waals surface area contributed by atoms with E-state index in [1.54, 1.807) is 0 Å². The zero-order valence-electron chi connectivity index (χ0n) is 12.3. The number of benzene rings is 1. The Morgan fingerprint density at radius 3 is 2.27 bits per heavy atom. The van der Waals surface area contributed by atoms with Crippen molar-refractivity contribution in [3.8, 4) is 0 Å². The van der Waals surface area contributed by atoms with Gasteiger partial charge in [-0.1, -0.05) is 0 Å². The van der Waals surface area contributed by atoms with Gasteiger partial charge in [-0.3, -0.25) is 9.11 Å². The van der Waals surface area contributed by atoms with E-state index in [0.717, 1.165) is 30.2 Å². The molecule has 6 N–H and O–H groups in total. The van der Waals surface area contributed by atoms with Crippen LogP contribution in [0.1, 0.15) is 19.3 Å². The summed E-state index contributed by atoms with van der Waals surface area (Å²) in [6, 6.07) is 6.04. The van der Waals surface area contributed by atoms with E-state index in [-0.39, 0.29) is 6.61 Å². The Hall–Kier alpha value is -1.55. The number of piperidine rings is 1. The summed E-state index contributed by atoms with van der Waals surface area (Å²) in [6.45, 7) is 2.90. The van der Waals surface area contributed by atoms with Crippen molar-refractivity contribution >= 4 is 27.5 Å². The molecule has 1 aromatic carbocycles. The van der Waals surface area contributed by atoms with Gasteiger partial charge in [0.15, 0.2) is 0 Å². The van der Waals surface area contributed by atoms with E-state index >= 15 is 0 Å². The van der Waals surface area contributed by atoms with Crippen molar-refractivity contribution < 1.29 is 22.6 Å². The van der Waals surface area contributed by atoms with E-state index in [1.165, 1.54) is 19.3 Å². The summed E-state index contributed by atoms with van der Waals surface area (Å²) in [5.74, 6) is 0. The number of aliphatic hydroxyl groups excluding tert-OH is 1. The van der Waals surface area contributed by atoms with Crippen LogP contribution in [0.4, 0.5) is 17.1 Å². The second-order valence-electron chi connectivity index (χ2n) is 4.92. The highest BCUT2D eigenvalue weighted by molar-refractivity contribution is 7.79. The predicted octanol–water partition coefficient (Wildman–Crippen LogP) is 1.01. The first-order chi connectivity index (χ1) is 10.3. The number of nitrogen functional groups attached to an aromatic ring is 1. The molecule has 0 aliphatic carbocycles. The molecule has 22 heavy (non-hydrogen) atoms. The summed E-state index contributed by atoms with van der Waals surface area (Å²) in [5, 5.41) is 11.9. The van der Waals surface area contributed by atoms with Crippen LogP contribution in [0.3, 0.4) is 0 Å². The van der Waals surface area contributed by atoms with Crippen LogP contribution in [0.2, 0.25) is 0 Å². The highest BCUT2D eigenvalue weighted by Gasteiger charge is 2.13. The molecular weight excluding hydrogens is 310 g/mol. The normalized spacial score (nSPS) is 15.0. The highest BCUT2D eigenvalue weighted by Crippen LogP contribution is 2.28. The average molecular weight is 333 g/mol. The first-order valence-corrected chi connectivity index (χ1v) is 8.40. The third-order valence-electron chi connectivity index (χ3n) is 3.17. The number of aliphatic hydroxyl groups is 1. The van der Waals surface area contributed by atoms with Crippen molar-refractivity contribution in [2.24, 2.45) is 0 Å². The lowest BCUT2D eigenvalue weighted by molar-refractivity contribution is 0.311. The molecule has 8 nitrogen and oxygen atoms in total. The van der Waals surface area contributed by atoms with Crippen molar-refractivity contribution in [2.45, 2.75) is 19.3 Å². The maximum absolute atomic E-state index is 8.75. The largest absolute Gasteiger partial charge is 0.397 e. The second kappa shape index (κ2) is 8.79. The number of nitrogens with zero attached hydrogens (tertiary/aromatic N) is 1. The van der Waals surface area contributed by atoms with Crippen molar-refractivity contribution in [2.75, 3.05) is 42.2 Å². The van der Waals surface area contributed by atoms with Crippen LogP contribution in [-0.4, -0.2) is 48.9 Å². The molecule has 0 radical (unpaired) electrons. The highest BCUT2D eigenvalue weighted by atomic mass is 32.3. The molecule has 2 rings (SSSR count). The van der Waals surface area contributed by atoms with Crippen molar-refractivity contribution in [3.05, 3.63) is 18.2 Å². The number of nitrogens with one attached hydrogen (secondary N) is 1. The zero-order valence-corrected chi connectivity index (χ0v) is 13.1. The van der Waals surface area contributed by atoms with Gasteiger partial charge in [-0.15, -0.1) is 0 Å². The number of hydrogen-bond acceptors (Lipinski definition) is 6. The zero-order chi connectivity index (χ0) is 16.6. The Balaban J connectivity index is 0.000000422. The van der Waals surface area contributed by atoms with Gasteiger partial charge in [0.1, 0.15) is 0 Å². The number of nitrogens with two attached hydrogens (primary N) is 1. The van der Waals surface area contributed by atoms with Crippen LogP contribution in [0.5, 0.6) is 0 Å². The number of anilines is 3. The van der Waals surface area contributed by atoms with Crippen LogP contribution in [0, 0.1) is 0 Å². The van der Waals surface area contributed by atoms with Crippen LogP contribution < -0.4 is 16.0 Å². The fourth-order valence-electron chi connectivity index (χ4n) is 2.29. The fourth-order valence-corrected chi connectivity index (χ4v) is 2.29. The van der Waals surface area contributed by atoms with Crippen molar-refractivity contribution in [1.29, 1.82) is 0 Å². The standard InChI is InChI=1S/C13H21N3O.H2O4S/c14-12-10-11(15-6-9-17)4-5-13(12)16-7-2-1-3-8-16;1-5(2,3)4/h4-5,10,15,17H,1-3,6-9,14H2;(H2,1,2,3,4). The van der Waals surface area contributed by atoms with E-state index in [4.69, 9.17) is 28.4 Å². The van der Waals surface area contributed by atoms with Gasteiger partial charge in [-0.05, 0) is 37.5 Å². The average Bonchev–Trinajstić information content (AvgIpc) is 2.44. The van der Waals surface area contributed by atoms with Crippen LogP contribution in [0.15, 0.2) is 18.2 Å². The third-order valence-corrected chi connectivity index (χ3v) is 3.17. The molecule has 0 atom stereocenters. The summed E-state index contributed by atoms with van der Waals surface area (Å²) in [5.41, 5.74) is 9.00. The smallest absolute Gasteiger partial charge is 0.394 e. The molecule has 0 unspecified atom stereocenters. The summed E-state index contributed by atoms with van der Waals surface area (Å²) in [6.07, 6.45) is 3.83. The Bertz CT molecular complexity index is 551. The molecule has 1 aliphatic rings. The van der Waals surface area contributed by atoms with Crippen LogP contribution in [-0.2, 0) is 10.4 Å². The minimum Gasteiger partial charge on any atom is -0.397 e. The first kappa shape index (κ1) is 18.5. The van der Waals surface area contributed by atoms with E-state index in [9.17, 15) is 0 Å². The lowest BCUT2D eigenvalue weighted by Gasteiger charge is -2.30. The molecule has 1 fully saturated rings. The minimum atomic E-state index is -4.67. The Morgan fingerprint density at radius 1 is 1.18 bits per heavy atom. The van der Waals surface area contributed by atoms with Gasteiger partial charge in [0.05, 0.1) is 18.0 Å². The molecular formula is C13H23N3O5S. The van der Waals surface area contributed by atoms with E-state index in [1.807, 2.05) is 12.1 Å². The lowest BCUT2D eigenvalue weighted by atomic mass is 10.1. The van der Waals surface area contributed by atoms with Gasteiger partial charge in [-0.2, -0.15) is 8.42 Å². The summed E-state index contributed by atoms with van der Waals surface area (Å²) < 4.78 is 31.6. The van der Waals surface area contributed by atoms with E-state index < -0.39 is 10.4 Å². The SMILES string of the molecule is Nc1cc(NCCO)ccc1N1CCCCC1.O=S(=O)(O)O. The number of rotatable bonds is 4. The molecule has 9 heteroatoms. The molecule has 0 bridgehead atoms. The van der Waals surface area contributed by atoms with Crippen LogP contribution in [0.25, 0.3) is 0 Å². The quantitative estimate of drug-likeness (QED) is 0.407. The molecule has 1 saturated heterocycles. The minimum absolute atomic E-state index is 0.133. The predicted molar refractivity (Wildman–Crippen MR) is 86.7 cm³/mol. The second-order valence-corrected chi connectivity index (χ2v) is 5.82. The monoisotopic (exact) mass is 333 g/mol. The van der Waals surface area contributed by atoms with E-state index in [2.05, 4.69) is 16.3 Å². The third kappa shape index (κ3) is 7.46. The Labute approximate surface area is 130 Å². The fraction of sp³-hybridized carbons (Fsp3) is 0.538. The van der Waals surface area contributed by atoms with Crippen molar-refractivity contribution in [1.82, 2.24) is 0 Å². The summed E-state index contributed by atoms with van der Waals surface area (Å²) >= 11 is 0. The van der Waals surface area contributed by atoms with Crippen LogP contribution >= 0.6 is 0 Å². The van der Waals surface area contributed by atoms with Gasteiger partial charge in [-0.25, -0.2) is 0 Å². The summed E-state index contributed by atoms with van der Waals surface area (Å²) in [7, 11) is -4.67. The topological polar surface area (TPSA) is 136 Å². The molecule has 1 aliphatic heterocycles. The van der Waals surface area contributed by atoms with Crippen molar-refractivity contribution in [3.63, 3.8) is 0 Å². The number of hydrogen-bond donors (Lipinski definition) is 5.